The molecule has 0 amide bonds. The molecule has 2 rings (SSSR count). The summed E-state index contributed by atoms with van der Waals surface area (Å²) < 4.78 is 11.1. The van der Waals surface area contributed by atoms with E-state index in [9.17, 15) is 4.79 Å². The van der Waals surface area contributed by atoms with Crippen molar-refractivity contribution in [1.29, 1.82) is 0 Å². The smallest absolute Gasteiger partial charge is 0.231 e. The van der Waals surface area contributed by atoms with Crippen LogP contribution in [0.15, 0.2) is 16.6 Å². The molecule has 0 radical (unpaired) electrons. The average Bonchev–Trinajstić information content (AvgIpc) is 2.64. The molecule has 1 aromatic rings. The van der Waals surface area contributed by atoms with Crippen LogP contribution in [0.25, 0.3) is 0 Å². The molecule has 1 heterocycles. The summed E-state index contributed by atoms with van der Waals surface area (Å²) in [6.07, 6.45) is 0. The van der Waals surface area contributed by atoms with Gasteiger partial charge in [0, 0.05) is 4.47 Å². The predicted molar refractivity (Wildman–Crippen MR) is 58.2 cm³/mol. The lowest BCUT2D eigenvalue weighted by Gasteiger charge is -2.09. The summed E-state index contributed by atoms with van der Waals surface area (Å²) in [5, 5.41) is 0. The van der Waals surface area contributed by atoms with Gasteiger partial charge in [-0.1, -0.05) is 0 Å². The minimum absolute atomic E-state index is 0.144. The second-order valence-corrected chi connectivity index (χ2v) is 4.16. The zero-order valence-electron chi connectivity index (χ0n) is 8.12. The van der Waals surface area contributed by atoms with E-state index >= 15 is 0 Å². The monoisotopic (exact) mass is 271 g/mol. The first-order valence-electron chi connectivity index (χ1n) is 4.49. The molecule has 1 aliphatic rings. The zero-order valence-corrected chi connectivity index (χ0v) is 9.71. The van der Waals surface area contributed by atoms with Gasteiger partial charge < -0.3 is 15.2 Å². The van der Waals surface area contributed by atoms with Crippen LogP contribution in [0, 0.1) is 0 Å². The highest BCUT2D eigenvalue weighted by atomic mass is 79.9. The number of carbonyl (C=O) groups excluding carboxylic acids is 1. The molecule has 0 fully saturated rings. The second kappa shape index (κ2) is 3.83. The van der Waals surface area contributed by atoms with Crippen LogP contribution >= 0.6 is 15.9 Å². The molecule has 1 aliphatic heterocycles. The third-order valence-electron chi connectivity index (χ3n) is 2.15. The highest BCUT2D eigenvalue weighted by molar-refractivity contribution is 9.10. The normalized spacial score (nSPS) is 15.1. The van der Waals surface area contributed by atoms with E-state index in [4.69, 9.17) is 15.2 Å². The fourth-order valence-corrected chi connectivity index (χ4v) is 1.91. The molecule has 1 atom stereocenters. The molecule has 0 spiro atoms. The zero-order chi connectivity index (χ0) is 11.0. The van der Waals surface area contributed by atoms with Gasteiger partial charge in [0.1, 0.15) is 0 Å². The van der Waals surface area contributed by atoms with Crippen LogP contribution in [0.5, 0.6) is 11.5 Å². The van der Waals surface area contributed by atoms with E-state index in [0.29, 0.717) is 21.5 Å². The summed E-state index contributed by atoms with van der Waals surface area (Å²) in [4.78, 5) is 11.8. The maximum atomic E-state index is 11.8. The molecule has 0 saturated carbocycles. The number of hydrogen-bond acceptors (Lipinski definition) is 4. The van der Waals surface area contributed by atoms with Crippen molar-refractivity contribution in [2.45, 2.75) is 13.0 Å². The van der Waals surface area contributed by atoms with Crippen molar-refractivity contribution in [1.82, 2.24) is 0 Å². The van der Waals surface area contributed by atoms with Crippen molar-refractivity contribution in [3.63, 3.8) is 0 Å². The molecule has 0 aliphatic carbocycles. The van der Waals surface area contributed by atoms with Crippen molar-refractivity contribution < 1.29 is 14.3 Å². The number of benzene rings is 1. The molecule has 1 unspecified atom stereocenters. The quantitative estimate of drug-likeness (QED) is 0.832. The number of hydrogen-bond donors (Lipinski definition) is 1. The van der Waals surface area contributed by atoms with Crippen LogP contribution in [0.1, 0.15) is 17.3 Å². The molecule has 80 valence electrons. The minimum atomic E-state index is -0.558. The van der Waals surface area contributed by atoms with Crippen LogP contribution in [0.3, 0.4) is 0 Å². The van der Waals surface area contributed by atoms with Crippen LogP contribution in [-0.2, 0) is 0 Å². The SMILES string of the molecule is CC(N)C(=O)c1c(Br)ccc2c1OCO2. The lowest BCUT2D eigenvalue weighted by atomic mass is 10.0. The Labute approximate surface area is 95.5 Å². The van der Waals surface area contributed by atoms with E-state index in [1.54, 1.807) is 19.1 Å². The second-order valence-electron chi connectivity index (χ2n) is 3.31. The van der Waals surface area contributed by atoms with Gasteiger partial charge in [0.05, 0.1) is 11.6 Å². The fourth-order valence-electron chi connectivity index (χ4n) is 1.41. The topological polar surface area (TPSA) is 61.6 Å². The number of carbonyl (C=O) groups is 1. The highest BCUT2D eigenvalue weighted by Gasteiger charge is 2.26. The molecule has 0 aromatic heterocycles. The number of fused-ring (bicyclic) bond motifs is 1. The van der Waals surface area contributed by atoms with Crippen LogP contribution in [-0.4, -0.2) is 18.6 Å². The van der Waals surface area contributed by atoms with Gasteiger partial charge in [-0.2, -0.15) is 0 Å². The Balaban J connectivity index is 2.55. The summed E-state index contributed by atoms with van der Waals surface area (Å²) in [6.45, 7) is 1.79. The van der Waals surface area contributed by atoms with Crippen molar-refractivity contribution in [2.75, 3.05) is 6.79 Å². The summed E-state index contributed by atoms with van der Waals surface area (Å²) >= 11 is 3.31. The number of ketones is 1. The summed E-state index contributed by atoms with van der Waals surface area (Å²) in [6, 6.07) is 2.95. The first-order chi connectivity index (χ1) is 7.11. The number of Topliss-reactive ketones (excluding diaryl/α,β-unsaturated/α-hetero) is 1. The maximum absolute atomic E-state index is 11.8. The molecule has 1 aromatic carbocycles. The molecular weight excluding hydrogens is 262 g/mol. The molecule has 4 nitrogen and oxygen atoms in total. The fraction of sp³-hybridized carbons (Fsp3) is 0.300. The average molecular weight is 272 g/mol. The van der Waals surface area contributed by atoms with Crippen molar-refractivity contribution in [3.05, 3.63) is 22.2 Å². The van der Waals surface area contributed by atoms with Gasteiger partial charge in [-0.15, -0.1) is 0 Å². The van der Waals surface area contributed by atoms with Crippen molar-refractivity contribution >= 4 is 21.7 Å². The van der Waals surface area contributed by atoms with Crippen LogP contribution in [0.2, 0.25) is 0 Å². The Morgan fingerprint density at radius 2 is 2.27 bits per heavy atom. The van der Waals surface area contributed by atoms with Crippen molar-refractivity contribution in [3.8, 4) is 11.5 Å². The summed E-state index contributed by atoms with van der Waals surface area (Å²) in [5.41, 5.74) is 6.02. The van der Waals surface area contributed by atoms with Gasteiger partial charge in [0.2, 0.25) is 6.79 Å². The number of rotatable bonds is 2. The van der Waals surface area contributed by atoms with E-state index < -0.39 is 6.04 Å². The molecular formula is C10H10BrNO3. The Morgan fingerprint density at radius 3 is 2.93 bits per heavy atom. The molecule has 2 N–H and O–H groups in total. The predicted octanol–water partition coefficient (Wildman–Crippen LogP) is 1.71. The standard InChI is InChI=1S/C10H10BrNO3/c1-5(12)9(13)8-6(11)2-3-7-10(8)15-4-14-7/h2-3,5H,4,12H2,1H3. The van der Waals surface area contributed by atoms with Gasteiger partial charge in [-0.25, -0.2) is 0 Å². The van der Waals surface area contributed by atoms with E-state index in [-0.39, 0.29) is 12.6 Å². The first kappa shape index (κ1) is 10.4. The highest BCUT2D eigenvalue weighted by Crippen LogP contribution is 2.39. The third-order valence-corrected chi connectivity index (χ3v) is 2.81. The van der Waals surface area contributed by atoms with E-state index in [0.717, 1.165) is 0 Å². The largest absolute Gasteiger partial charge is 0.454 e. The number of nitrogens with two attached hydrogens (primary N) is 1. The molecule has 5 heteroatoms. The third kappa shape index (κ3) is 1.72. The van der Waals surface area contributed by atoms with Gasteiger partial charge in [0.15, 0.2) is 17.3 Å². The first-order valence-corrected chi connectivity index (χ1v) is 5.28. The number of halogens is 1. The maximum Gasteiger partial charge on any atom is 0.231 e. The Hall–Kier alpha value is -1.07. The molecule has 0 saturated heterocycles. The minimum Gasteiger partial charge on any atom is -0.454 e. The van der Waals surface area contributed by atoms with Crippen molar-refractivity contribution in [2.24, 2.45) is 5.73 Å². The van der Waals surface area contributed by atoms with Gasteiger partial charge in [-0.05, 0) is 35.0 Å². The van der Waals surface area contributed by atoms with Gasteiger partial charge in [0.25, 0.3) is 0 Å². The van der Waals surface area contributed by atoms with E-state index in [1.165, 1.54) is 0 Å². The number of ether oxygens (including phenoxy) is 2. The van der Waals surface area contributed by atoms with Gasteiger partial charge >= 0.3 is 0 Å². The summed E-state index contributed by atoms with van der Waals surface area (Å²) in [7, 11) is 0. The lowest BCUT2D eigenvalue weighted by Crippen LogP contribution is -2.27. The van der Waals surface area contributed by atoms with E-state index in [1.807, 2.05) is 0 Å². The lowest BCUT2D eigenvalue weighted by molar-refractivity contribution is 0.0962. The Bertz CT molecular complexity index is 417. The van der Waals surface area contributed by atoms with Crippen LogP contribution in [0.4, 0.5) is 0 Å². The molecule has 15 heavy (non-hydrogen) atoms. The Kier molecular flexibility index (Phi) is 2.67. The Morgan fingerprint density at radius 1 is 1.53 bits per heavy atom. The van der Waals surface area contributed by atoms with Crippen LogP contribution < -0.4 is 15.2 Å². The summed E-state index contributed by atoms with van der Waals surface area (Å²) in [5.74, 6) is 0.901. The van der Waals surface area contributed by atoms with E-state index in [2.05, 4.69) is 15.9 Å². The molecule has 0 bridgehead atoms. The van der Waals surface area contributed by atoms with Gasteiger partial charge in [-0.3, -0.25) is 4.79 Å².